The van der Waals surface area contributed by atoms with Gasteiger partial charge in [-0.05, 0) is 18.2 Å². The summed E-state index contributed by atoms with van der Waals surface area (Å²) in [7, 11) is 0. The van der Waals surface area contributed by atoms with Gasteiger partial charge in [0.25, 0.3) is 0 Å². The van der Waals surface area contributed by atoms with Gasteiger partial charge in [0.2, 0.25) is 0 Å². The van der Waals surface area contributed by atoms with Gasteiger partial charge in [0, 0.05) is 23.2 Å². The minimum atomic E-state index is 0.776. The highest BCUT2D eigenvalue weighted by Gasteiger charge is 2.02. The number of nitrogens with zero attached hydrogens (tertiary/aromatic N) is 1. The maximum atomic E-state index is 5.30. The molecule has 0 aliphatic heterocycles. The first-order valence-electron chi connectivity index (χ1n) is 4.74. The number of hydrogen-bond acceptors (Lipinski definition) is 2. The van der Waals surface area contributed by atoms with Crippen LogP contribution in [0.2, 0.25) is 0 Å². The summed E-state index contributed by atoms with van der Waals surface area (Å²) in [6.07, 6.45) is 3.44. The highest BCUT2D eigenvalue weighted by molar-refractivity contribution is 5.81. The topological polar surface area (TPSA) is 26.0 Å². The lowest BCUT2D eigenvalue weighted by Crippen LogP contribution is -1.81. The third-order valence-corrected chi connectivity index (χ3v) is 2.31. The average molecular weight is 194 g/mol. The lowest BCUT2D eigenvalue weighted by Gasteiger charge is -1.98. The van der Waals surface area contributed by atoms with Crippen molar-refractivity contribution in [3.63, 3.8) is 0 Å². The first kappa shape index (κ1) is 8.24. The van der Waals surface area contributed by atoms with Crippen LogP contribution in [0.15, 0.2) is 53.3 Å². The van der Waals surface area contributed by atoms with Crippen molar-refractivity contribution in [1.29, 1.82) is 0 Å². The monoisotopic (exact) mass is 194 g/mol. The molecule has 0 fully saturated rings. The molecule has 2 heteroatoms. The molecule has 0 amide bonds. The van der Waals surface area contributed by atoms with E-state index in [2.05, 4.69) is 11.1 Å². The Kier molecular flexibility index (Phi) is 1.78. The Labute approximate surface area is 87.2 Å². The summed E-state index contributed by atoms with van der Waals surface area (Å²) >= 11 is 0. The van der Waals surface area contributed by atoms with Gasteiger partial charge in [0.15, 0.2) is 0 Å². The van der Waals surface area contributed by atoms with E-state index in [1.54, 1.807) is 12.5 Å². The van der Waals surface area contributed by atoms with Crippen molar-refractivity contribution < 1.29 is 4.42 Å². The zero-order valence-corrected chi connectivity index (χ0v) is 7.97. The first-order chi connectivity index (χ1) is 7.43. The molecule has 0 aliphatic carbocycles. The first-order valence-corrected chi connectivity index (χ1v) is 4.74. The van der Waals surface area contributed by atoms with Gasteiger partial charge in [-0.3, -0.25) is 4.98 Å². The fourth-order valence-corrected chi connectivity index (χ4v) is 1.56. The van der Waals surface area contributed by atoms with Crippen LogP contribution in [-0.2, 0) is 0 Å². The van der Waals surface area contributed by atoms with Crippen molar-refractivity contribution >= 4 is 11.0 Å². The Morgan fingerprint density at radius 3 is 2.93 bits per heavy atom. The predicted octanol–water partition coefficient (Wildman–Crippen LogP) is 3.29. The van der Waals surface area contributed by atoms with Gasteiger partial charge in [0.05, 0.1) is 12.0 Å². The molecular formula is C13H8NO. The van der Waals surface area contributed by atoms with Gasteiger partial charge in [0.1, 0.15) is 5.58 Å². The van der Waals surface area contributed by atoms with Gasteiger partial charge < -0.3 is 4.42 Å². The number of hydrogen-bond donors (Lipinski definition) is 0. The van der Waals surface area contributed by atoms with Crippen LogP contribution in [0.4, 0.5) is 0 Å². The second-order valence-corrected chi connectivity index (χ2v) is 3.29. The van der Waals surface area contributed by atoms with Crippen LogP contribution in [0, 0.1) is 6.07 Å². The number of fused-ring (bicyclic) bond motifs is 1. The molecule has 1 radical (unpaired) electrons. The quantitative estimate of drug-likeness (QED) is 0.594. The Hall–Kier alpha value is -2.09. The Balaban J connectivity index is 2.19. The summed E-state index contributed by atoms with van der Waals surface area (Å²) in [5.41, 5.74) is 2.65. The maximum Gasteiger partial charge on any atom is 0.142 e. The summed E-state index contributed by atoms with van der Waals surface area (Å²) in [6.45, 7) is 0. The molecule has 71 valence electrons. The molecule has 0 spiro atoms. The molecule has 2 nitrogen and oxygen atoms in total. The minimum absolute atomic E-state index is 0.776. The third-order valence-electron chi connectivity index (χ3n) is 2.31. The molecule has 1 aromatic carbocycles. The summed E-state index contributed by atoms with van der Waals surface area (Å²) in [5, 5.41) is 1.06. The van der Waals surface area contributed by atoms with Gasteiger partial charge in [-0.2, -0.15) is 0 Å². The zero-order valence-electron chi connectivity index (χ0n) is 7.97. The molecule has 0 N–H and O–H groups in total. The predicted molar refractivity (Wildman–Crippen MR) is 58.3 cm³/mol. The van der Waals surface area contributed by atoms with Crippen LogP contribution < -0.4 is 0 Å². The smallest absolute Gasteiger partial charge is 0.142 e. The summed E-state index contributed by atoms with van der Waals surface area (Å²) in [5.74, 6) is 0. The zero-order chi connectivity index (χ0) is 10.1. The molecule has 3 rings (SSSR count). The average Bonchev–Trinajstić information content (AvgIpc) is 2.77. The summed E-state index contributed by atoms with van der Waals surface area (Å²) in [6, 6.07) is 14.9. The van der Waals surface area contributed by atoms with Crippen LogP contribution in [0.3, 0.4) is 0 Å². The fourth-order valence-electron chi connectivity index (χ4n) is 1.56. The minimum Gasteiger partial charge on any atom is -0.464 e. The lowest BCUT2D eigenvalue weighted by molar-refractivity contribution is 0.615. The molecule has 0 aliphatic rings. The lowest BCUT2D eigenvalue weighted by atomic mass is 10.1. The van der Waals surface area contributed by atoms with Crippen molar-refractivity contribution in [3.05, 3.63) is 54.9 Å². The van der Waals surface area contributed by atoms with Gasteiger partial charge >= 0.3 is 0 Å². The van der Waals surface area contributed by atoms with Crippen LogP contribution in [-0.4, -0.2) is 4.98 Å². The number of benzene rings is 1. The molecule has 0 bridgehead atoms. The van der Waals surface area contributed by atoms with Gasteiger partial charge in [-0.15, -0.1) is 0 Å². The van der Waals surface area contributed by atoms with Crippen molar-refractivity contribution in [2.75, 3.05) is 0 Å². The number of aromatic nitrogens is 1. The van der Waals surface area contributed by atoms with E-state index in [-0.39, 0.29) is 0 Å². The van der Waals surface area contributed by atoms with Crippen LogP contribution >= 0.6 is 0 Å². The molecule has 15 heavy (non-hydrogen) atoms. The van der Waals surface area contributed by atoms with E-state index in [0.29, 0.717) is 0 Å². The number of pyridine rings is 1. The second kappa shape index (κ2) is 3.24. The molecule has 0 atom stereocenters. The van der Waals surface area contributed by atoms with Gasteiger partial charge in [-0.25, -0.2) is 0 Å². The normalized spacial score (nSPS) is 10.7. The molecule has 0 saturated heterocycles. The molecule has 2 aromatic heterocycles. The maximum absolute atomic E-state index is 5.30. The Bertz CT molecular complexity index is 584. The molecular weight excluding hydrogens is 186 g/mol. The second-order valence-electron chi connectivity index (χ2n) is 3.29. The molecule has 0 saturated carbocycles. The van der Waals surface area contributed by atoms with E-state index in [1.807, 2.05) is 36.4 Å². The largest absolute Gasteiger partial charge is 0.464 e. The van der Waals surface area contributed by atoms with E-state index in [4.69, 9.17) is 4.42 Å². The van der Waals surface area contributed by atoms with Crippen molar-refractivity contribution in [1.82, 2.24) is 4.98 Å². The van der Waals surface area contributed by atoms with Crippen LogP contribution in [0.25, 0.3) is 22.2 Å². The van der Waals surface area contributed by atoms with Crippen molar-refractivity contribution in [2.45, 2.75) is 0 Å². The standard InChI is InChI=1S/C13H8NO/c1-2-7-14-12(3-1)11-5-4-10-6-8-15-13(10)9-11/h1-8H. The SMILES string of the molecule is [c]1c(-c2ccccn2)ccc2ccoc12. The Morgan fingerprint density at radius 1 is 1.07 bits per heavy atom. The van der Waals surface area contributed by atoms with E-state index in [0.717, 1.165) is 22.2 Å². The Morgan fingerprint density at radius 2 is 2.07 bits per heavy atom. The van der Waals surface area contributed by atoms with E-state index < -0.39 is 0 Å². The van der Waals surface area contributed by atoms with Crippen LogP contribution in [0.5, 0.6) is 0 Å². The molecule has 3 aromatic rings. The number of rotatable bonds is 1. The van der Waals surface area contributed by atoms with Crippen molar-refractivity contribution in [2.24, 2.45) is 0 Å². The van der Waals surface area contributed by atoms with Crippen molar-refractivity contribution in [3.8, 4) is 11.3 Å². The third kappa shape index (κ3) is 1.40. The summed E-state index contributed by atoms with van der Waals surface area (Å²) in [4.78, 5) is 4.27. The van der Waals surface area contributed by atoms with E-state index >= 15 is 0 Å². The molecule has 2 heterocycles. The highest BCUT2D eigenvalue weighted by Crippen LogP contribution is 2.22. The molecule has 0 unspecified atom stereocenters. The van der Waals surface area contributed by atoms with E-state index in [1.165, 1.54) is 0 Å². The van der Waals surface area contributed by atoms with Crippen LogP contribution in [0.1, 0.15) is 0 Å². The van der Waals surface area contributed by atoms with E-state index in [9.17, 15) is 0 Å². The summed E-state index contributed by atoms with van der Waals surface area (Å²) < 4.78 is 5.30. The number of furan rings is 1. The van der Waals surface area contributed by atoms with Gasteiger partial charge in [-0.1, -0.05) is 18.2 Å². The fraction of sp³-hybridized carbons (Fsp3) is 0. The highest BCUT2D eigenvalue weighted by atomic mass is 16.3.